The molecule has 4 heteroatoms. The molecule has 2 aliphatic rings. The van der Waals surface area contributed by atoms with Gasteiger partial charge in [-0.25, -0.2) is 0 Å². The Morgan fingerprint density at radius 3 is 3.08 bits per heavy atom. The van der Waals surface area contributed by atoms with Gasteiger partial charge in [0.05, 0.1) is 6.54 Å². The molecule has 70 valence electrons. The Bertz CT molecular complexity index is 332. The monoisotopic (exact) mass is 243 g/mol. The first-order valence-electron chi connectivity index (χ1n) is 4.53. The van der Waals surface area contributed by atoms with Crippen molar-refractivity contribution in [3.05, 3.63) is 10.7 Å². The third-order valence-corrected chi connectivity index (χ3v) is 2.90. The van der Waals surface area contributed by atoms with Crippen LogP contribution in [0, 0.1) is 0 Å². The zero-order valence-electron chi connectivity index (χ0n) is 7.12. The molecule has 0 spiro atoms. The fraction of sp³-hybridized carbons (Fsp3) is 0.556. The summed E-state index contributed by atoms with van der Waals surface area (Å²) in [4.78, 5) is 2.38. The number of nitrogens with zero attached hydrogens (tertiary/aromatic N) is 1. The Kier molecular flexibility index (Phi) is 1.59. The molecular weight excluding hydrogens is 234 g/mol. The second kappa shape index (κ2) is 2.67. The van der Waals surface area contributed by atoms with Crippen molar-refractivity contribution in [2.75, 3.05) is 18.1 Å². The molecule has 1 aliphatic carbocycles. The normalized spacial score (nSPS) is 21.2. The van der Waals surface area contributed by atoms with Crippen LogP contribution in [-0.4, -0.2) is 19.2 Å². The molecule has 13 heavy (non-hydrogen) atoms. The number of anilines is 1. The number of fused-ring (bicyclic) bond motifs is 1. The molecule has 1 aliphatic heterocycles. The number of hydrogen-bond acceptors (Lipinski definition) is 3. The van der Waals surface area contributed by atoms with Crippen molar-refractivity contribution < 1.29 is 9.15 Å². The quantitative estimate of drug-likeness (QED) is 0.758. The molecule has 2 heterocycles. The highest BCUT2D eigenvalue weighted by atomic mass is 79.9. The summed E-state index contributed by atoms with van der Waals surface area (Å²) in [5.41, 5.74) is 1.11. The maximum atomic E-state index is 5.41. The third kappa shape index (κ3) is 1.24. The van der Waals surface area contributed by atoms with Gasteiger partial charge in [0.25, 0.3) is 0 Å². The van der Waals surface area contributed by atoms with Gasteiger partial charge >= 0.3 is 5.95 Å². The van der Waals surface area contributed by atoms with E-state index in [1.807, 2.05) is 6.07 Å². The lowest BCUT2D eigenvalue weighted by atomic mass is 10.3. The molecule has 0 N–H and O–H groups in total. The van der Waals surface area contributed by atoms with Crippen molar-refractivity contribution in [3.63, 3.8) is 0 Å². The summed E-state index contributed by atoms with van der Waals surface area (Å²) in [7, 11) is 0. The van der Waals surface area contributed by atoms with Gasteiger partial charge in [-0.3, -0.25) is 0 Å². The highest BCUT2D eigenvalue weighted by molar-refractivity contribution is 9.10. The highest BCUT2D eigenvalue weighted by Gasteiger charge is 2.34. The minimum absolute atomic E-state index is 0.671. The van der Waals surface area contributed by atoms with Crippen molar-refractivity contribution >= 4 is 21.6 Å². The van der Waals surface area contributed by atoms with Gasteiger partial charge in [-0.15, -0.1) is 0 Å². The van der Waals surface area contributed by atoms with E-state index < -0.39 is 0 Å². The molecule has 0 bridgehead atoms. The van der Waals surface area contributed by atoms with E-state index in [9.17, 15) is 0 Å². The maximum Gasteiger partial charge on any atom is 0.310 e. The molecule has 1 fully saturated rings. The average Bonchev–Trinajstić information content (AvgIpc) is 2.86. The molecule has 1 aromatic heterocycles. The number of rotatable bonds is 1. The van der Waals surface area contributed by atoms with Crippen LogP contribution in [0.15, 0.2) is 15.2 Å². The number of hydrogen-bond donors (Lipinski definition) is 0. The highest BCUT2D eigenvalue weighted by Crippen LogP contribution is 2.42. The maximum absolute atomic E-state index is 5.41. The molecule has 0 saturated heterocycles. The summed E-state index contributed by atoms with van der Waals surface area (Å²) in [5.74, 6) is 0.671. The second-order valence-electron chi connectivity index (χ2n) is 3.50. The van der Waals surface area contributed by atoms with Crippen molar-refractivity contribution in [3.8, 4) is 5.95 Å². The summed E-state index contributed by atoms with van der Waals surface area (Å²) in [6, 6.07) is 2.72. The van der Waals surface area contributed by atoms with Crippen LogP contribution in [0.5, 0.6) is 5.95 Å². The SMILES string of the molecule is Brc1cc2c(o1)OCCN2C1CC1. The molecule has 0 radical (unpaired) electrons. The molecule has 1 aromatic rings. The molecule has 3 nitrogen and oxygen atoms in total. The lowest BCUT2D eigenvalue weighted by Gasteiger charge is -2.27. The topological polar surface area (TPSA) is 25.6 Å². The molecule has 0 atom stereocenters. The molecular formula is C9H10BrNO2. The van der Waals surface area contributed by atoms with Crippen molar-refractivity contribution in [2.24, 2.45) is 0 Å². The molecule has 3 rings (SSSR count). The first-order chi connectivity index (χ1) is 6.34. The summed E-state index contributed by atoms with van der Waals surface area (Å²) < 4.78 is 11.5. The molecule has 0 unspecified atom stereocenters. The van der Waals surface area contributed by atoms with Gasteiger partial charge in [-0.1, -0.05) is 0 Å². The minimum atomic E-state index is 0.671. The van der Waals surface area contributed by atoms with Gasteiger partial charge in [-0.05, 0) is 28.8 Å². The van der Waals surface area contributed by atoms with Crippen LogP contribution in [-0.2, 0) is 0 Å². The van der Waals surface area contributed by atoms with E-state index in [1.165, 1.54) is 12.8 Å². The van der Waals surface area contributed by atoms with Crippen molar-refractivity contribution in [1.82, 2.24) is 0 Å². The van der Waals surface area contributed by atoms with Gasteiger partial charge in [-0.2, -0.15) is 0 Å². The molecule has 0 amide bonds. The number of ether oxygens (including phenoxy) is 1. The Balaban J connectivity index is 1.99. The lowest BCUT2D eigenvalue weighted by Crippen LogP contribution is -2.33. The van der Waals surface area contributed by atoms with Crippen LogP contribution in [0.2, 0.25) is 0 Å². The van der Waals surface area contributed by atoms with E-state index in [1.54, 1.807) is 0 Å². The summed E-state index contributed by atoms with van der Waals surface area (Å²) >= 11 is 3.32. The zero-order chi connectivity index (χ0) is 8.84. The van der Waals surface area contributed by atoms with Crippen LogP contribution >= 0.6 is 15.9 Å². The third-order valence-electron chi connectivity index (χ3n) is 2.51. The Morgan fingerprint density at radius 1 is 1.46 bits per heavy atom. The van der Waals surface area contributed by atoms with Crippen molar-refractivity contribution in [1.29, 1.82) is 0 Å². The van der Waals surface area contributed by atoms with Gasteiger partial charge in [0.1, 0.15) is 12.3 Å². The second-order valence-corrected chi connectivity index (χ2v) is 4.28. The number of furan rings is 1. The Hall–Kier alpha value is -0.640. The summed E-state index contributed by atoms with van der Waals surface area (Å²) in [5, 5.41) is 0. The van der Waals surface area contributed by atoms with E-state index in [0.29, 0.717) is 5.95 Å². The van der Waals surface area contributed by atoms with Gasteiger partial charge in [0.2, 0.25) is 0 Å². The fourth-order valence-electron chi connectivity index (χ4n) is 1.76. The minimum Gasteiger partial charge on any atom is -0.462 e. The largest absolute Gasteiger partial charge is 0.462 e. The van der Waals surface area contributed by atoms with Crippen LogP contribution in [0.1, 0.15) is 12.8 Å². The van der Waals surface area contributed by atoms with E-state index in [-0.39, 0.29) is 0 Å². The number of halogens is 1. The first-order valence-corrected chi connectivity index (χ1v) is 5.32. The van der Waals surface area contributed by atoms with Crippen LogP contribution in [0.3, 0.4) is 0 Å². The molecule has 0 aromatic carbocycles. The zero-order valence-corrected chi connectivity index (χ0v) is 8.71. The van der Waals surface area contributed by atoms with Gasteiger partial charge in [0.15, 0.2) is 4.67 Å². The van der Waals surface area contributed by atoms with E-state index in [2.05, 4.69) is 20.8 Å². The summed E-state index contributed by atoms with van der Waals surface area (Å²) in [6.07, 6.45) is 2.62. The smallest absolute Gasteiger partial charge is 0.310 e. The van der Waals surface area contributed by atoms with Crippen LogP contribution in [0.25, 0.3) is 0 Å². The average molecular weight is 244 g/mol. The van der Waals surface area contributed by atoms with Crippen molar-refractivity contribution in [2.45, 2.75) is 18.9 Å². The van der Waals surface area contributed by atoms with E-state index in [0.717, 1.165) is 29.6 Å². The fourth-order valence-corrected chi connectivity index (χ4v) is 2.13. The van der Waals surface area contributed by atoms with Gasteiger partial charge in [0, 0.05) is 12.1 Å². The van der Waals surface area contributed by atoms with Crippen LogP contribution < -0.4 is 9.64 Å². The Labute approximate surface area is 84.8 Å². The summed E-state index contributed by atoms with van der Waals surface area (Å²) in [6.45, 7) is 1.73. The lowest BCUT2D eigenvalue weighted by molar-refractivity contribution is 0.231. The Morgan fingerprint density at radius 2 is 2.31 bits per heavy atom. The first kappa shape index (κ1) is 7.74. The standard InChI is InChI=1S/C9H10BrNO2/c10-8-5-7-9(13-8)12-4-3-11(7)6-1-2-6/h5-6H,1-4H2. The predicted octanol–water partition coefficient (Wildman–Crippen LogP) is 2.40. The molecule has 1 saturated carbocycles. The van der Waals surface area contributed by atoms with Crippen LogP contribution in [0.4, 0.5) is 5.69 Å². The van der Waals surface area contributed by atoms with E-state index >= 15 is 0 Å². The van der Waals surface area contributed by atoms with E-state index in [4.69, 9.17) is 9.15 Å². The van der Waals surface area contributed by atoms with Gasteiger partial charge < -0.3 is 14.1 Å². The predicted molar refractivity (Wildman–Crippen MR) is 52.3 cm³/mol.